The van der Waals surface area contributed by atoms with Crippen molar-refractivity contribution in [2.75, 3.05) is 19.8 Å². The van der Waals surface area contributed by atoms with E-state index in [1.54, 1.807) is 29.1 Å². The number of rotatable bonds is 10. The predicted molar refractivity (Wildman–Crippen MR) is 117 cm³/mol. The van der Waals surface area contributed by atoms with Crippen LogP contribution < -0.4 is 9.47 Å². The molecule has 0 radical (unpaired) electrons. The number of Topliss-reactive ketones (excluding diaryl/α,β-unsaturated/α-hetero) is 1. The van der Waals surface area contributed by atoms with Gasteiger partial charge in [-0.05, 0) is 42.3 Å². The minimum atomic E-state index is -1.14. The Morgan fingerprint density at radius 2 is 2.00 bits per heavy atom. The molecule has 1 N–H and O–H groups in total. The molecule has 1 heterocycles. The zero-order valence-corrected chi connectivity index (χ0v) is 18.2. The number of benzene rings is 2. The maximum absolute atomic E-state index is 13.1. The molecule has 0 spiro atoms. The van der Waals surface area contributed by atoms with Crippen molar-refractivity contribution < 1.29 is 23.8 Å². The first-order valence-electron chi connectivity index (χ1n) is 9.75. The van der Waals surface area contributed by atoms with Crippen LogP contribution in [0.15, 0.2) is 42.6 Å². The molecule has 0 amide bonds. The lowest BCUT2D eigenvalue weighted by Crippen LogP contribution is -2.10. The second-order valence-electron chi connectivity index (χ2n) is 7.46. The Balaban J connectivity index is 1.90. The van der Waals surface area contributed by atoms with E-state index in [2.05, 4.69) is 28.2 Å². The number of carbonyl (C=O) groups excluding carboxylic acids is 1. The van der Waals surface area contributed by atoms with Gasteiger partial charge < -0.3 is 14.6 Å². The molecule has 0 aliphatic heterocycles. The number of aliphatic hydroxyl groups excluding tert-OH is 1. The fourth-order valence-corrected chi connectivity index (χ4v) is 3.08. The van der Waals surface area contributed by atoms with Gasteiger partial charge >= 0.3 is 0 Å². The molecule has 160 valence electrons. The smallest absolute Gasteiger partial charge is 0.188 e. The van der Waals surface area contributed by atoms with Gasteiger partial charge in [0.1, 0.15) is 30.6 Å². The third-order valence-corrected chi connectivity index (χ3v) is 4.63. The summed E-state index contributed by atoms with van der Waals surface area (Å²) in [5.41, 5.74) is 2.14. The molecule has 6 nitrogen and oxygen atoms in total. The van der Waals surface area contributed by atoms with E-state index < -0.39 is 12.5 Å². The van der Waals surface area contributed by atoms with E-state index in [0.29, 0.717) is 30.4 Å². The van der Waals surface area contributed by atoms with Crippen LogP contribution in [0.1, 0.15) is 29.8 Å². The van der Waals surface area contributed by atoms with Crippen LogP contribution in [0.3, 0.4) is 0 Å². The molecule has 3 rings (SSSR count). The molecule has 0 saturated carbocycles. The number of alkyl halides is 1. The Kier molecular flexibility index (Phi) is 7.40. The summed E-state index contributed by atoms with van der Waals surface area (Å²) in [6.45, 7) is 4.55. The molecule has 0 fully saturated rings. The lowest BCUT2D eigenvalue weighted by molar-refractivity contribution is 0.0904. The maximum Gasteiger partial charge on any atom is 0.188 e. The second-order valence-corrected chi connectivity index (χ2v) is 8.18. The average molecular weight is 432 g/mol. The van der Waals surface area contributed by atoms with E-state index in [1.807, 2.05) is 18.2 Å². The zero-order valence-electron chi connectivity index (χ0n) is 17.0. The lowest BCUT2D eigenvalue weighted by Gasteiger charge is -2.16. The minimum Gasteiger partial charge on any atom is -0.493 e. The fraction of sp³-hybridized carbons (Fsp3) is 0.364. The van der Waals surface area contributed by atoms with Crippen LogP contribution in [-0.4, -0.2) is 46.4 Å². The third-order valence-electron chi connectivity index (χ3n) is 4.44. The van der Waals surface area contributed by atoms with Crippen molar-refractivity contribution in [3.63, 3.8) is 0 Å². The molecule has 0 aliphatic carbocycles. The van der Waals surface area contributed by atoms with E-state index in [4.69, 9.17) is 14.6 Å². The summed E-state index contributed by atoms with van der Waals surface area (Å²) in [6.07, 6.45) is 1.68. The number of aliphatic hydroxyl groups is 1. The molecule has 3 aromatic rings. The highest BCUT2D eigenvalue weighted by Gasteiger charge is 2.13. The van der Waals surface area contributed by atoms with Gasteiger partial charge in [0.05, 0.1) is 24.9 Å². The maximum atomic E-state index is 13.1. The van der Waals surface area contributed by atoms with Crippen molar-refractivity contribution >= 4 is 25.9 Å². The van der Waals surface area contributed by atoms with Crippen LogP contribution in [0.5, 0.6) is 11.5 Å². The van der Waals surface area contributed by atoms with Crippen LogP contribution in [0, 0.1) is 5.92 Å². The number of nitrogens with zero attached hydrogens (tertiary/aromatic N) is 2. The molecule has 8 heteroatoms. The van der Waals surface area contributed by atoms with E-state index >= 15 is 0 Å². The van der Waals surface area contributed by atoms with Gasteiger partial charge in [0, 0.05) is 16.5 Å². The first kappa shape index (κ1) is 22.2. The van der Waals surface area contributed by atoms with Gasteiger partial charge in [-0.2, -0.15) is 5.10 Å². The van der Waals surface area contributed by atoms with Gasteiger partial charge in [-0.15, -0.1) is 0 Å². The quantitative estimate of drug-likeness (QED) is 0.389. The van der Waals surface area contributed by atoms with Gasteiger partial charge in [-0.25, -0.2) is 4.39 Å². The van der Waals surface area contributed by atoms with Crippen LogP contribution in [0.2, 0.25) is 0 Å². The minimum absolute atomic E-state index is 0.0529. The van der Waals surface area contributed by atoms with Crippen molar-refractivity contribution in [1.29, 1.82) is 0 Å². The largest absolute Gasteiger partial charge is 0.493 e. The summed E-state index contributed by atoms with van der Waals surface area (Å²) in [7, 11) is 2.06. The van der Waals surface area contributed by atoms with Crippen molar-refractivity contribution in [2.45, 2.75) is 26.3 Å². The van der Waals surface area contributed by atoms with E-state index in [0.717, 1.165) is 22.2 Å². The highest BCUT2D eigenvalue weighted by atomic mass is 31.0. The van der Waals surface area contributed by atoms with Crippen LogP contribution in [0.25, 0.3) is 10.9 Å². The first-order valence-corrected chi connectivity index (χ1v) is 10.4. The normalized spacial score (nSPS) is 12.3. The molecular weight excluding hydrogens is 406 g/mol. The monoisotopic (exact) mass is 432 g/mol. The van der Waals surface area contributed by atoms with Gasteiger partial charge in [-0.3, -0.25) is 9.48 Å². The van der Waals surface area contributed by atoms with Crippen molar-refractivity contribution in [3.8, 4) is 11.5 Å². The zero-order chi connectivity index (χ0) is 21.7. The molecule has 2 atom stereocenters. The third kappa shape index (κ3) is 5.55. The number of ether oxygens (including phenoxy) is 2. The summed E-state index contributed by atoms with van der Waals surface area (Å²) in [5, 5.41) is 14.3. The highest BCUT2D eigenvalue weighted by molar-refractivity contribution is 7.17. The topological polar surface area (TPSA) is 73.6 Å². The molecular formula is C22H26FN2O4P. The number of ketones is 1. The van der Waals surface area contributed by atoms with Gasteiger partial charge in [-0.1, -0.05) is 23.1 Å². The number of aromatic nitrogens is 2. The van der Waals surface area contributed by atoms with Crippen molar-refractivity contribution in [1.82, 2.24) is 9.78 Å². The van der Waals surface area contributed by atoms with Crippen LogP contribution in [-0.2, 0) is 6.54 Å². The van der Waals surface area contributed by atoms with Crippen molar-refractivity contribution in [2.24, 2.45) is 5.92 Å². The predicted octanol–water partition coefficient (Wildman–Crippen LogP) is 3.84. The average Bonchev–Trinajstić information content (AvgIpc) is 3.12. The molecule has 0 saturated heterocycles. The second kappa shape index (κ2) is 10.0. The molecule has 2 aromatic carbocycles. The molecule has 30 heavy (non-hydrogen) atoms. The molecule has 0 aliphatic rings. The Morgan fingerprint density at radius 1 is 1.20 bits per heavy atom. The van der Waals surface area contributed by atoms with Crippen molar-refractivity contribution in [3.05, 3.63) is 53.7 Å². The molecule has 2 unspecified atom stereocenters. The number of hydrogen-bond donors (Lipinski definition) is 1. The van der Waals surface area contributed by atoms with Gasteiger partial charge in [0.2, 0.25) is 0 Å². The van der Waals surface area contributed by atoms with E-state index in [1.165, 1.54) is 0 Å². The van der Waals surface area contributed by atoms with E-state index in [-0.39, 0.29) is 12.4 Å². The molecule has 1 aromatic heterocycles. The Bertz CT molecular complexity index is 1020. The van der Waals surface area contributed by atoms with Crippen LogP contribution >= 0.6 is 9.24 Å². The van der Waals surface area contributed by atoms with Crippen LogP contribution in [0.4, 0.5) is 4.39 Å². The summed E-state index contributed by atoms with van der Waals surface area (Å²) >= 11 is 0. The summed E-state index contributed by atoms with van der Waals surface area (Å²) in [6, 6.07) is 10.6. The standard InChI is InChI=1S/C22H26FN2O4P/c1-14(2)12-29-21-6-4-18(28-13-22(23)30)8-17(21)10-25-19-5-3-15(20(27)11-26)7-16(19)9-24-25/h3-9,14,22,26H,10-13,30H2,1-2H3. The number of halogens is 1. The summed E-state index contributed by atoms with van der Waals surface area (Å²) in [5.74, 6) is 0.162. The van der Waals surface area contributed by atoms with Gasteiger partial charge in [0.15, 0.2) is 5.78 Å². The van der Waals surface area contributed by atoms with E-state index in [9.17, 15) is 9.18 Å². The highest BCUT2D eigenvalue weighted by Crippen LogP contribution is 2.27. The lowest BCUT2D eigenvalue weighted by atomic mass is 10.1. The number of fused-ring (bicyclic) bond motifs is 1. The SMILES string of the molecule is CC(C)COc1ccc(OCC(F)P)cc1Cn1ncc2cc(C(=O)CO)ccc21. The van der Waals surface area contributed by atoms with Gasteiger partial charge in [0.25, 0.3) is 0 Å². The fourth-order valence-electron chi connectivity index (χ4n) is 2.98. The Labute approximate surface area is 177 Å². The first-order chi connectivity index (χ1) is 14.4. The Hall–Kier alpha value is -2.50. The number of carbonyl (C=O) groups is 1. The summed E-state index contributed by atoms with van der Waals surface area (Å²) in [4.78, 5) is 11.7. The molecule has 0 bridgehead atoms. The summed E-state index contributed by atoms with van der Waals surface area (Å²) < 4.78 is 26.4. The number of hydrogen-bond acceptors (Lipinski definition) is 5. The Morgan fingerprint density at radius 3 is 2.70 bits per heavy atom.